The van der Waals surface area contributed by atoms with Crippen LogP contribution in [0.15, 0.2) is 30.6 Å². The first-order chi connectivity index (χ1) is 19.4. The van der Waals surface area contributed by atoms with Gasteiger partial charge in [0.25, 0.3) is 0 Å². The summed E-state index contributed by atoms with van der Waals surface area (Å²) in [6.07, 6.45) is 3.03. The normalized spacial score (nSPS) is 18.7. The van der Waals surface area contributed by atoms with Crippen LogP contribution in [0.3, 0.4) is 0 Å². The Hall–Kier alpha value is -4.01. The number of hydrogen-bond acceptors (Lipinski definition) is 9. The number of anilines is 3. The van der Waals surface area contributed by atoms with E-state index >= 15 is 0 Å². The van der Waals surface area contributed by atoms with Gasteiger partial charge in [0, 0.05) is 50.0 Å². The van der Waals surface area contributed by atoms with Crippen molar-refractivity contribution in [2.75, 3.05) is 37.0 Å². The third-order valence-electron chi connectivity index (χ3n) is 7.56. The number of ether oxygens (including phenoxy) is 2. The van der Waals surface area contributed by atoms with Gasteiger partial charge in [0.1, 0.15) is 11.7 Å². The van der Waals surface area contributed by atoms with E-state index in [4.69, 9.17) is 14.5 Å². The predicted molar refractivity (Wildman–Crippen MR) is 156 cm³/mol. The molecular formula is C30H38N8O3. The number of nitrogens with one attached hydrogen (secondary N) is 1. The minimum absolute atomic E-state index is 0.333. The topological polar surface area (TPSA) is 121 Å². The number of nitriles is 1. The van der Waals surface area contributed by atoms with Gasteiger partial charge in [0.05, 0.1) is 47.7 Å². The molecule has 1 aromatic carbocycles. The summed E-state index contributed by atoms with van der Waals surface area (Å²) >= 11 is 0. The van der Waals surface area contributed by atoms with Crippen molar-refractivity contribution in [2.45, 2.75) is 71.7 Å². The van der Waals surface area contributed by atoms with Gasteiger partial charge >= 0.3 is 6.09 Å². The first-order valence-corrected chi connectivity index (χ1v) is 13.9. The molecule has 11 nitrogen and oxygen atoms in total. The average molecular weight is 559 g/mol. The van der Waals surface area contributed by atoms with Crippen LogP contribution in [0.1, 0.15) is 58.4 Å². The number of nitrogens with zero attached hydrogens (tertiary/aromatic N) is 7. The van der Waals surface area contributed by atoms with Crippen molar-refractivity contribution < 1.29 is 14.3 Å². The highest BCUT2D eigenvalue weighted by atomic mass is 16.6. The van der Waals surface area contributed by atoms with Gasteiger partial charge in [-0.3, -0.25) is 14.5 Å². The van der Waals surface area contributed by atoms with Crippen molar-refractivity contribution in [1.29, 1.82) is 5.26 Å². The zero-order valence-electron chi connectivity index (χ0n) is 24.9. The quantitative estimate of drug-likeness (QED) is 0.453. The average Bonchev–Trinajstić information content (AvgIpc) is 3.45. The molecule has 5 rings (SSSR count). The summed E-state index contributed by atoms with van der Waals surface area (Å²) in [5, 5.41) is 18.1. The predicted octanol–water partition coefficient (Wildman–Crippen LogP) is 4.84. The van der Waals surface area contributed by atoms with Crippen LogP contribution in [0, 0.1) is 11.3 Å². The third-order valence-corrected chi connectivity index (χ3v) is 7.56. The van der Waals surface area contributed by atoms with Crippen molar-refractivity contribution in [3.8, 4) is 17.3 Å². The van der Waals surface area contributed by atoms with E-state index in [-0.39, 0.29) is 0 Å². The Kier molecular flexibility index (Phi) is 7.48. The minimum atomic E-state index is -0.670. The Morgan fingerprint density at radius 3 is 2.73 bits per heavy atom. The van der Waals surface area contributed by atoms with E-state index in [0.717, 1.165) is 42.1 Å². The number of benzene rings is 1. The number of carbonyl (C=O) groups is 1. The number of methoxy groups -OCH3 is 1. The fraction of sp³-hybridized carbons (Fsp3) is 0.500. The molecular weight excluding hydrogens is 520 g/mol. The standard InChI is InChI=1S/C30H38N8O3/c1-19(2)36-10-11-38-25(16-36)24(15-33-38)35-27-32-9-8-23(34-27)20-12-21(14-31)26-22(13-20)30(6,18-40-7)17-37(26)28(39)41-29(3,4)5/h8-9,12-13,15,19H,10-11,16-18H2,1-7H3,(H,32,34,35)/t30-/m1/s1. The summed E-state index contributed by atoms with van der Waals surface area (Å²) in [6.45, 7) is 15.2. The van der Waals surface area contributed by atoms with Crippen LogP contribution in [0.25, 0.3) is 11.3 Å². The highest BCUT2D eigenvalue weighted by Gasteiger charge is 2.44. The van der Waals surface area contributed by atoms with Crippen LogP contribution in [0.4, 0.5) is 22.1 Å². The number of carbonyl (C=O) groups excluding carboxylic acids is 1. The van der Waals surface area contributed by atoms with Crippen molar-refractivity contribution in [3.63, 3.8) is 0 Å². The van der Waals surface area contributed by atoms with Crippen LogP contribution >= 0.6 is 0 Å². The van der Waals surface area contributed by atoms with Crippen LogP contribution < -0.4 is 10.2 Å². The lowest BCUT2D eigenvalue weighted by molar-refractivity contribution is 0.0571. The SMILES string of the molecule is COC[C@@]1(C)CN(C(=O)OC(C)(C)C)c2c(C#N)cc(-c3ccnc(Nc4cnn5c4CN(C(C)C)CC5)n3)cc21. The van der Waals surface area contributed by atoms with Crippen molar-refractivity contribution >= 4 is 23.4 Å². The summed E-state index contributed by atoms with van der Waals surface area (Å²) in [5.74, 6) is 0.439. The van der Waals surface area contributed by atoms with Crippen LogP contribution in [0.2, 0.25) is 0 Å². The van der Waals surface area contributed by atoms with Gasteiger partial charge in [-0.25, -0.2) is 14.8 Å². The third kappa shape index (κ3) is 5.62. The molecule has 0 unspecified atom stereocenters. The molecule has 3 aromatic rings. The molecule has 216 valence electrons. The molecule has 0 fully saturated rings. The molecule has 2 aliphatic rings. The van der Waals surface area contributed by atoms with Gasteiger partial charge in [0.15, 0.2) is 0 Å². The van der Waals surface area contributed by atoms with Gasteiger partial charge in [-0.15, -0.1) is 0 Å². The largest absolute Gasteiger partial charge is 0.443 e. The van der Waals surface area contributed by atoms with Crippen molar-refractivity contribution in [1.82, 2.24) is 24.6 Å². The molecule has 2 aromatic heterocycles. The maximum atomic E-state index is 13.2. The number of rotatable bonds is 6. The van der Waals surface area contributed by atoms with E-state index in [1.807, 2.05) is 50.7 Å². The molecule has 4 heterocycles. The lowest BCUT2D eigenvalue weighted by Gasteiger charge is -2.31. The highest BCUT2D eigenvalue weighted by molar-refractivity contribution is 5.95. The molecule has 0 saturated carbocycles. The fourth-order valence-corrected chi connectivity index (χ4v) is 5.56. The molecule has 2 aliphatic heterocycles. The Morgan fingerprint density at radius 2 is 2.05 bits per heavy atom. The summed E-state index contributed by atoms with van der Waals surface area (Å²) in [6, 6.07) is 8.32. The van der Waals surface area contributed by atoms with E-state index in [1.54, 1.807) is 24.3 Å². The number of amides is 1. The zero-order chi connectivity index (χ0) is 29.5. The minimum Gasteiger partial charge on any atom is -0.443 e. The van der Waals surface area contributed by atoms with Gasteiger partial charge in [-0.2, -0.15) is 10.4 Å². The number of fused-ring (bicyclic) bond motifs is 2. The zero-order valence-corrected chi connectivity index (χ0v) is 24.9. The second-order valence-corrected chi connectivity index (χ2v) is 12.3. The Bertz CT molecular complexity index is 1500. The highest BCUT2D eigenvalue weighted by Crippen LogP contribution is 2.45. The lowest BCUT2D eigenvalue weighted by Crippen LogP contribution is -2.40. The molecule has 0 spiro atoms. The molecule has 0 saturated heterocycles. The van der Waals surface area contributed by atoms with E-state index in [1.165, 1.54) is 0 Å². The second-order valence-electron chi connectivity index (χ2n) is 12.3. The van der Waals surface area contributed by atoms with Crippen molar-refractivity contribution in [2.24, 2.45) is 0 Å². The van der Waals surface area contributed by atoms with E-state index in [9.17, 15) is 10.1 Å². The summed E-state index contributed by atoms with van der Waals surface area (Å²) in [7, 11) is 1.63. The van der Waals surface area contributed by atoms with Gasteiger partial charge in [0.2, 0.25) is 5.95 Å². The fourth-order valence-electron chi connectivity index (χ4n) is 5.56. The summed E-state index contributed by atoms with van der Waals surface area (Å²) < 4.78 is 13.3. The molecule has 11 heteroatoms. The monoisotopic (exact) mass is 558 g/mol. The lowest BCUT2D eigenvalue weighted by atomic mass is 9.83. The Labute approximate surface area is 241 Å². The van der Waals surface area contributed by atoms with E-state index in [0.29, 0.717) is 42.1 Å². The Balaban J connectivity index is 1.50. The molecule has 1 N–H and O–H groups in total. The Morgan fingerprint density at radius 1 is 1.27 bits per heavy atom. The van der Waals surface area contributed by atoms with E-state index in [2.05, 4.69) is 40.2 Å². The first kappa shape index (κ1) is 28.5. The van der Waals surface area contributed by atoms with Gasteiger partial charge < -0.3 is 14.8 Å². The maximum Gasteiger partial charge on any atom is 0.414 e. The molecule has 0 bridgehead atoms. The molecule has 0 aliphatic carbocycles. The van der Waals surface area contributed by atoms with Crippen molar-refractivity contribution in [3.05, 3.63) is 47.4 Å². The smallest absolute Gasteiger partial charge is 0.414 e. The number of aromatic nitrogens is 4. The van der Waals surface area contributed by atoms with Gasteiger partial charge in [-0.1, -0.05) is 6.92 Å². The second kappa shape index (κ2) is 10.8. The summed E-state index contributed by atoms with van der Waals surface area (Å²) in [5.41, 5.74) is 3.93. The van der Waals surface area contributed by atoms with Crippen LogP contribution in [-0.2, 0) is 28.0 Å². The van der Waals surface area contributed by atoms with Crippen LogP contribution in [-0.4, -0.2) is 69.2 Å². The molecule has 0 radical (unpaired) electrons. The molecule has 41 heavy (non-hydrogen) atoms. The maximum absolute atomic E-state index is 13.2. The molecule has 1 atom stereocenters. The summed E-state index contributed by atoms with van der Waals surface area (Å²) in [4.78, 5) is 26.4. The van der Waals surface area contributed by atoms with Gasteiger partial charge in [-0.05, 0) is 58.4 Å². The van der Waals surface area contributed by atoms with Crippen LogP contribution in [0.5, 0.6) is 0 Å². The number of hydrogen-bond donors (Lipinski definition) is 1. The molecule has 1 amide bonds. The van der Waals surface area contributed by atoms with E-state index < -0.39 is 17.1 Å². The first-order valence-electron chi connectivity index (χ1n) is 13.9.